The number of anilines is 1. The molecule has 0 fully saturated rings. The zero-order valence-electron chi connectivity index (χ0n) is 27.4. The molecule has 11 heteroatoms. The number of carboxylic acid groups (broad SMARTS) is 1. The number of amides is 2. The third-order valence-electron chi connectivity index (χ3n) is 7.82. The van der Waals surface area contributed by atoms with Crippen molar-refractivity contribution in [3.8, 4) is 0 Å². The number of carboxylic acids is 1. The fourth-order valence-corrected chi connectivity index (χ4v) is 6.37. The second-order valence-corrected chi connectivity index (χ2v) is 12.9. The van der Waals surface area contributed by atoms with E-state index in [0.29, 0.717) is 31.5 Å². The van der Waals surface area contributed by atoms with Crippen LogP contribution in [0.5, 0.6) is 0 Å². The van der Waals surface area contributed by atoms with E-state index in [-0.39, 0.29) is 30.2 Å². The summed E-state index contributed by atoms with van der Waals surface area (Å²) in [6, 6.07) is 7.25. The molecule has 4 N–H and O–H groups in total. The summed E-state index contributed by atoms with van der Waals surface area (Å²) in [6.07, 6.45) is 3.67. The highest BCUT2D eigenvalue weighted by Gasteiger charge is 2.36. The van der Waals surface area contributed by atoms with Gasteiger partial charge in [0.05, 0.1) is 5.92 Å². The van der Waals surface area contributed by atoms with Gasteiger partial charge < -0.3 is 30.7 Å². The van der Waals surface area contributed by atoms with Gasteiger partial charge >= 0.3 is 11.9 Å². The number of carbonyl (C=O) groups is 4. The molecule has 0 saturated heterocycles. The molecule has 0 saturated carbocycles. The quantitative estimate of drug-likeness (QED) is 0.153. The normalized spacial score (nSPS) is 17.1. The van der Waals surface area contributed by atoms with Gasteiger partial charge in [0, 0.05) is 56.5 Å². The summed E-state index contributed by atoms with van der Waals surface area (Å²) < 4.78 is 5.79. The molecule has 10 nitrogen and oxygen atoms in total. The Labute approximate surface area is 267 Å². The predicted molar refractivity (Wildman–Crippen MR) is 176 cm³/mol. The number of hydrogen-bond acceptors (Lipinski definition) is 8. The Morgan fingerprint density at radius 1 is 1.07 bits per heavy atom. The smallest absolute Gasteiger partial charge is 0.306 e. The van der Waals surface area contributed by atoms with Gasteiger partial charge in [-0.05, 0) is 49.3 Å². The van der Waals surface area contributed by atoms with Crippen molar-refractivity contribution in [2.75, 3.05) is 18.9 Å². The van der Waals surface area contributed by atoms with Gasteiger partial charge in [-0.15, -0.1) is 11.8 Å². The van der Waals surface area contributed by atoms with Gasteiger partial charge in [-0.3, -0.25) is 19.2 Å². The Morgan fingerprint density at radius 3 is 2.30 bits per heavy atom. The van der Waals surface area contributed by atoms with Crippen LogP contribution in [0, 0.1) is 11.8 Å². The van der Waals surface area contributed by atoms with Crippen molar-refractivity contribution >= 4 is 41.2 Å². The van der Waals surface area contributed by atoms with Crippen molar-refractivity contribution in [2.45, 2.75) is 110 Å². The van der Waals surface area contributed by atoms with E-state index >= 15 is 0 Å². The molecule has 5 unspecified atom stereocenters. The lowest BCUT2D eigenvalue weighted by atomic mass is 9.94. The number of aliphatic carboxylic acids is 1. The minimum absolute atomic E-state index is 0.112. The first kappa shape index (κ1) is 37.0. The van der Waals surface area contributed by atoms with Gasteiger partial charge in [0.15, 0.2) is 0 Å². The van der Waals surface area contributed by atoms with Gasteiger partial charge in [0.1, 0.15) is 17.2 Å². The molecule has 44 heavy (non-hydrogen) atoms. The minimum atomic E-state index is -0.919. The molecule has 2 amide bonds. The van der Waals surface area contributed by atoms with Crippen LogP contribution in [0.4, 0.5) is 5.69 Å². The molecule has 1 aliphatic rings. The zero-order valence-corrected chi connectivity index (χ0v) is 28.2. The summed E-state index contributed by atoms with van der Waals surface area (Å²) in [4.78, 5) is 52.4. The van der Waals surface area contributed by atoms with E-state index in [1.807, 2.05) is 43.1 Å². The van der Waals surface area contributed by atoms with Gasteiger partial charge in [0.2, 0.25) is 5.91 Å². The van der Waals surface area contributed by atoms with Crippen LogP contribution < -0.4 is 16.0 Å². The van der Waals surface area contributed by atoms with Gasteiger partial charge in [-0.1, -0.05) is 53.2 Å². The largest absolute Gasteiger partial charge is 0.481 e. The van der Waals surface area contributed by atoms with Crippen molar-refractivity contribution in [1.29, 1.82) is 0 Å². The van der Waals surface area contributed by atoms with Crippen LogP contribution in [-0.4, -0.2) is 70.9 Å². The SMILES string of the molecule is CCCCC(=O)N(CCC)C(CC(OC(C)=O)C1NC(C(=O)NC(Cc2ccc(NC)cc2)CC(C)C(=O)O)=CS1)C(C)C. The summed E-state index contributed by atoms with van der Waals surface area (Å²) in [7, 11) is 1.84. The van der Waals surface area contributed by atoms with E-state index in [2.05, 4.69) is 36.7 Å². The van der Waals surface area contributed by atoms with E-state index in [1.54, 1.807) is 12.3 Å². The number of nitrogens with one attached hydrogen (secondary N) is 3. The summed E-state index contributed by atoms with van der Waals surface area (Å²) in [6.45, 7) is 11.9. The summed E-state index contributed by atoms with van der Waals surface area (Å²) >= 11 is 1.37. The Kier molecular flexibility index (Phi) is 15.6. The van der Waals surface area contributed by atoms with E-state index < -0.39 is 35.4 Å². The van der Waals surface area contributed by atoms with Crippen LogP contribution in [0.15, 0.2) is 35.4 Å². The fraction of sp³-hybridized carbons (Fsp3) is 0.636. The third kappa shape index (κ3) is 11.7. The minimum Gasteiger partial charge on any atom is -0.481 e. The Hall–Kier alpha value is -3.21. The standard InChI is InChI=1S/C33H52N4O6S/c1-8-10-11-30(39)37(16-9-2)28(21(3)4)19-29(43-23(6)38)32-36-27(20-44-32)31(40)35-26(17-22(5)33(41)42)18-24-12-14-25(34-7)15-13-24/h12-15,20-22,26,28-29,32,34,36H,8-11,16-19H2,1-7H3,(H,35,40)(H,41,42). The van der Waals surface area contributed by atoms with Crippen molar-refractivity contribution in [3.05, 3.63) is 40.9 Å². The Balaban J connectivity index is 2.18. The van der Waals surface area contributed by atoms with Crippen molar-refractivity contribution in [1.82, 2.24) is 15.5 Å². The van der Waals surface area contributed by atoms with Crippen LogP contribution in [0.25, 0.3) is 0 Å². The van der Waals surface area contributed by atoms with E-state index in [9.17, 15) is 24.3 Å². The molecular formula is C33H52N4O6S. The molecule has 0 aromatic heterocycles. The van der Waals surface area contributed by atoms with E-state index in [1.165, 1.54) is 18.7 Å². The van der Waals surface area contributed by atoms with Crippen molar-refractivity contribution in [2.24, 2.45) is 11.8 Å². The number of esters is 1. The topological polar surface area (TPSA) is 137 Å². The number of thioether (sulfide) groups is 1. The van der Waals surface area contributed by atoms with Gasteiger partial charge in [-0.2, -0.15) is 0 Å². The van der Waals surface area contributed by atoms with Crippen LogP contribution in [0.3, 0.4) is 0 Å². The Morgan fingerprint density at radius 2 is 1.75 bits per heavy atom. The number of hydrogen-bond donors (Lipinski definition) is 4. The summed E-state index contributed by atoms with van der Waals surface area (Å²) in [5.41, 5.74) is 2.27. The van der Waals surface area contributed by atoms with Gasteiger partial charge in [0.25, 0.3) is 5.91 Å². The first-order valence-corrected chi connectivity index (χ1v) is 16.7. The highest BCUT2D eigenvalue weighted by molar-refractivity contribution is 8.03. The van der Waals surface area contributed by atoms with Gasteiger partial charge in [-0.25, -0.2) is 0 Å². The van der Waals surface area contributed by atoms with Crippen LogP contribution in [0.2, 0.25) is 0 Å². The predicted octanol–water partition coefficient (Wildman–Crippen LogP) is 5.15. The number of rotatable bonds is 19. The number of nitrogens with zero attached hydrogens (tertiary/aromatic N) is 1. The molecule has 0 bridgehead atoms. The maximum absolute atomic E-state index is 13.4. The molecule has 246 valence electrons. The lowest BCUT2D eigenvalue weighted by Crippen LogP contribution is -2.49. The molecular weight excluding hydrogens is 580 g/mol. The summed E-state index contributed by atoms with van der Waals surface area (Å²) in [5.74, 6) is -2.09. The molecule has 0 spiro atoms. The first-order chi connectivity index (χ1) is 20.9. The van der Waals surface area contributed by atoms with Crippen molar-refractivity contribution < 1.29 is 29.0 Å². The lowest BCUT2D eigenvalue weighted by Gasteiger charge is -2.37. The average molecular weight is 633 g/mol. The highest BCUT2D eigenvalue weighted by Crippen LogP contribution is 2.30. The Bertz CT molecular complexity index is 1130. The van der Waals surface area contributed by atoms with Crippen LogP contribution in [-0.2, 0) is 30.3 Å². The molecule has 5 atom stereocenters. The zero-order chi connectivity index (χ0) is 32.8. The summed E-state index contributed by atoms with van der Waals surface area (Å²) in [5, 5.41) is 20.2. The number of ether oxygens (including phenoxy) is 1. The molecule has 1 aromatic rings. The molecule has 1 aliphatic heterocycles. The number of benzene rings is 1. The second kappa shape index (κ2) is 18.6. The maximum atomic E-state index is 13.4. The third-order valence-corrected chi connectivity index (χ3v) is 8.91. The van der Waals surface area contributed by atoms with Crippen molar-refractivity contribution in [3.63, 3.8) is 0 Å². The number of carbonyl (C=O) groups excluding carboxylic acids is 3. The first-order valence-electron chi connectivity index (χ1n) is 15.8. The number of unbranched alkanes of at least 4 members (excludes halogenated alkanes) is 1. The second-order valence-electron chi connectivity index (χ2n) is 11.9. The lowest BCUT2D eigenvalue weighted by molar-refractivity contribution is -0.148. The molecule has 0 radical (unpaired) electrons. The van der Waals surface area contributed by atoms with Crippen LogP contribution in [0.1, 0.15) is 85.6 Å². The average Bonchev–Trinajstić information content (AvgIpc) is 3.47. The monoisotopic (exact) mass is 632 g/mol. The maximum Gasteiger partial charge on any atom is 0.306 e. The van der Waals surface area contributed by atoms with E-state index in [0.717, 1.165) is 30.5 Å². The van der Waals surface area contributed by atoms with E-state index in [4.69, 9.17) is 4.74 Å². The molecule has 0 aliphatic carbocycles. The fourth-order valence-electron chi connectivity index (χ4n) is 5.37. The molecule has 1 aromatic carbocycles. The van der Waals surface area contributed by atoms with Crippen LogP contribution >= 0.6 is 11.8 Å². The molecule has 1 heterocycles. The highest BCUT2D eigenvalue weighted by atomic mass is 32.2. The molecule has 2 rings (SSSR count).